The summed E-state index contributed by atoms with van der Waals surface area (Å²) in [6.45, 7) is 6.15. The normalized spacial score (nSPS) is 11.8. The molecule has 2 aromatic carbocycles. The van der Waals surface area contributed by atoms with E-state index in [1.165, 1.54) is 10.2 Å². The number of aromatic nitrogens is 5. The highest BCUT2D eigenvalue weighted by Gasteiger charge is 2.25. The molecule has 0 bridgehead atoms. The highest BCUT2D eigenvalue weighted by Crippen LogP contribution is 2.31. The first kappa shape index (κ1) is 24.4. The molecule has 0 spiro atoms. The fraction of sp³-hybridized carbons (Fsp3) is 0.217. The van der Waals surface area contributed by atoms with Crippen molar-refractivity contribution < 1.29 is 9.42 Å². The van der Waals surface area contributed by atoms with Crippen molar-refractivity contribution in [3.8, 4) is 17.1 Å². The molecule has 0 saturated carbocycles. The van der Waals surface area contributed by atoms with Crippen LogP contribution in [0.4, 0.5) is 5.82 Å². The van der Waals surface area contributed by atoms with E-state index in [9.17, 15) is 4.79 Å². The Balaban J connectivity index is 1.65. The van der Waals surface area contributed by atoms with Gasteiger partial charge in [-0.25, -0.2) is 10.1 Å². The number of rotatable bonds is 7. The number of carbonyl (C=O) groups excluding carboxylic acids is 1. The third-order valence-electron chi connectivity index (χ3n) is 5.12. The van der Waals surface area contributed by atoms with Gasteiger partial charge in [0.2, 0.25) is 11.6 Å². The van der Waals surface area contributed by atoms with Crippen molar-refractivity contribution in [2.75, 3.05) is 5.73 Å². The molecule has 180 valence electrons. The summed E-state index contributed by atoms with van der Waals surface area (Å²) in [4.78, 5) is 13.1. The topological polar surface area (TPSA) is 137 Å². The van der Waals surface area contributed by atoms with E-state index in [0.29, 0.717) is 22.2 Å². The fourth-order valence-electron chi connectivity index (χ4n) is 3.43. The second kappa shape index (κ2) is 10.2. The highest BCUT2D eigenvalue weighted by atomic mass is 35.5. The van der Waals surface area contributed by atoms with Crippen molar-refractivity contribution in [2.24, 2.45) is 11.0 Å². The van der Waals surface area contributed by atoms with Gasteiger partial charge in [-0.2, -0.15) is 9.78 Å². The molecule has 3 N–H and O–H groups in total. The zero-order chi connectivity index (χ0) is 25.1. The molecular formula is C23H22Cl2N8O2. The molecule has 2 aromatic heterocycles. The molecule has 10 nitrogen and oxygen atoms in total. The maximum Gasteiger partial charge on any atom is 0.294 e. The van der Waals surface area contributed by atoms with Crippen molar-refractivity contribution in [1.82, 2.24) is 30.7 Å². The zero-order valence-corrected chi connectivity index (χ0v) is 20.7. The van der Waals surface area contributed by atoms with E-state index in [1.54, 1.807) is 25.1 Å². The van der Waals surface area contributed by atoms with Crippen LogP contribution in [0.25, 0.3) is 17.1 Å². The summed E-state index contributed by atoms with van der Waals surface area (Å²) in [5.74, 6) is 0.0104. The van der Waals surface area contributed by atoms with E-state index in [2.05, 4.69) is 61.8 Å². The van der Waals surface area contributed by atoms with Gasteiger partial charge in [-0.1, -0.05) is 72.6 Å². The first-order chi connectivity index (χ1) is 16.7. The second-order valence-electron chi connectivity index (χ2n) is 8.23. The molecule has 0 atom stereocenters. The van der Waals surface area contributed by atoms with Gasteiger partial charge in [-0.15, -0.1) is 5.10 Å². The van der Waals surface area contributed by atoms with Crippen LogP contribution < -0.4 is 11.2 Å². The Bertz CT molecular complexity index is 1390. The summed E-state index contributed by atoms with van der Waals surface area (Å²) < 4.78 is 5.92. The molecule has 4 aromatic rings. The number of halogens is 2. The first-order valence-corrected chi connectivity index (χ1v) is 11.4. The molecule has 0 aliphatic rings. The van der Waals surface area contributed by atoms with Gasteiger partial charge in [0.1, 0.15) is 5.69 Å². The van der Waals surface area contributed by atoms with Crippen LogP contribution in [0.2, 0.25) is 10.0 Å². The molecule has 12 heteroatoms. The minimum absolute atomic E-state index is 0.0297. The van der Waals surface area contributed by atoms with E-state index in [0.717, 1.165) is 12.0 Å². The van der Waals surface area contributed by atoms with E-state index < -0.39 is 5.91 Å². The van der Waals surface area contributed by atoms with Gasteiger partial charge in [0.25, 0.3) is 5.91 Å². The fourth-order valence-corrected chi connectivity index (χ4v) is 3.73. The van der Waals surface area contributed by atoms with Gasteiger partial charge in [-0.3, -0.25) is 4.79 Å². The predicted molar refractivity (Wildman–Crippen MR) is 134 cm³/mol. The lowest BCUT2D eigenvalue weighted by Crippen LogP contribution is -2.21. The van der Waals surface area contributed by atoms with Gasteiger partial charge in [0.15, 0.2) is 5.69 Å². The number of nitrogens with two attached hydrogens (primary N) is 1. The zero-order valence-electron chi connectivity index (χ0n) is 19.2. The Hall–Kier alpha value is -3.76. The van der Waals surface area contributed by atoms with Gasteiger partial charge >= 0.3 is 0 Å². The third kappa shape index (κ3) is 5.33. The smallest absolute Gasteiger partial charge is 0.294 e. The van der Waals surface area contributed by atoms with Crippen LogP contribution in [0.3, 0.4) is 0 Å². The Morgan fingerprint density at radius 1 is 1.14 bits per heavy atom. The lowest BCUT2D eigenvalue weighted by atomic mass is 10.0. The number of hydrogen-bond donors (Lipinski definition) is 2. The number of amides is 1. The number of nitrogens with one attached hydrogen (secondary N) is 1. The van der Waals surface area contributed by atoms with Crippen LogP contribution in [0.5, 0.6) is 0 Å². The lowest BCUT2D eigenvalue weighted by Gasteiger charge is -2.08. The minimum Gasteiger partial charge on any atom is -0.378 e. The molecule has 0 radical (unpaired) electrons. The molecule has 1 amide bonds. The number of benzene rings is 2. The molecule has 0 aliphatic heterocycles. The van der Waals surface area contributed by atoms with Crippen molar-refractivity contribution in [3.63, 3.8) is 0 Å². The first-order valence-electron chi connectivity index (χ1n) is 10.7. The van der Waals surface area contributed by atoms with Gasteiger partial charge in [0, 0.05) is 5.56 Å². The molecule has 35 heavy (non-hydrogen) atoms. The van der Waals surface area contributed by atoms with Crippen LogP contribution in [-0.4, -0.2) is 36.9 Å². The van der Waals surface area contributed by atoms with E-state index in [-0.39, 0.29) is 28.0 Å². The van der Waals surface area contributed by atoms with Crippen LogP contribution in [0.15, 0.2) is 52.2 Å². The van der Waals surface area contributed by atoms with Crippen molar-refractivity contribution >= 4 is 40.6 Å². The van der Waals surface area contributed by atoms with Crippen molar-refractivity contribution in [1.29, 1.82) is 0 Å². The summed E-state index contributed by atoms with van der Waals surface area (Å²) >= 11 is 12.3. The second-order valence-corrected chi connectivity index (χ2v) is 9.05. The number of carbonyl (C=O) groups is 1. The van der Waals surface area contributed by atoms with Gasteiger partial charge in [-0.05, 0) is 52.8 Å². The number of hydrazone groups is 1. The number of nitrogens with zero attached hydrogens (tertiary/aromatic N) is 6. The summed E-state index contributed by atoms with van der Waals surface area (Å²) in [6.07, 6.45) is 0.992. The van der Waals surface area contributed by atoms with E-state index in [1.807, 2.05) is 12.1 Å². The number of nitrogen functional groups attached to an aromatic ring is 1. The predicted octanol–water partition coefficient (Wildman–Crippen LogP) is 4.56. The van der Waals surface area contributed by atoms with Crippen LogP contribution in [-0.2, 0) is 6.42 Å². The largest absolute Gasteiger partial charge is 0.378 e. The SMILES string of the molecule is CC(=NNC(=O)c1nnn(-c2nonc2N)c1-c1ccc(Cl)c(Cl)c1)c1ccc(CC(C)C)cc1. The Morgan fingerprint density at radius 3 is 2.51 bits per heavy atom. The quantitative estimate of drug-likeness (QED) is 0.273. The van der Waals surface area contributed by atoms with E-state index >= 15 is 0 Å². The average molecular weight is 513 g/mol. The average Bonchev–Trinajstić information content (AvgIpc) is 3.45. The maximum atomic E-state index is 13.1. The maximum absolute atomic E-state index is 13.1. The molecule has 0 fully saturated rings. The Labute approximate surface area is 211 Å². The minimum atomic E-state index is -0.594. The molecule has 0 saturated heterocycles. The molecular weight excluding hydrogens is 491 g/mol. The Morgan fingerprint density at radius 2 is 1.89 bits per heavy atom. The van der Waals surface area contributed by atoms with Gasteiger partial charge in [0.05, 0.1) is 15.8 Å². The number of hydrogen-bond acceptors (Lipinski definition) is 8. The van der Waals surface area contributed by atoms with Crippen molar-refractivity contribution in [2.45, 2.75) is 27.2 Å². The summed E-state index contributed by atoms with van der Waals surface area (Å²) in [6, 6.07) is 12.9. The number of anilines is 1. The third-order valence-corrected chi connectivity index (χ3v) is 5.85. The Kier molecular flexibility index (Phi) is 7.13. The molecule has 2 heterocycles. The summed E-state index contributed by atoms with van der Waals surface area (Å²) in [5.41, 5.74) is 11.8. The standard InChI is InChI=1S/C23H22Cl2N8O2/c1-12(2)10-14-4-6-15(7-5-14)13(3)27-29-23(34)19-20(16-8-9-17(24)18(25)11-16)33(32-28-19)22-21(26)30-35-31-22/h4-9,11-12H,10H2,1-3H3,(H2,26,30)(H,29,34). The highest BCUT2D eigenvalue weighted by molar-refractivity contribution is 6.42. The van der Waals surface area contributed by atoms with E-state index in [4.69, 9.17) is 28.9 Å². The lowest BCUT2D eigenvalue weighted by molar-refractivity contribution is 0.0950. The van der Waals surface area contributed by atoms with Crippen LogP contribution in [0.1, 0.15) is 42.4 Å². The molecule has 4 rings (SSSR count). The van der Waals surface area contributed by atoms with Crippen molar-refractivity contribution in [3.05, 3.63) is 69.3 Å². The van der Waals surface area contributed by atoms with Gasteiger partial charge < -0.3 is 5.73 Å². The monoisotopic (exact) mass is 512 g/mol. The summed E-state index contributed by atoms with van der Waals surface area (Å²) in [5, 5.41) is 20.2. The van der Waals surface area contributed by atoms with Crippen LogP contribution >= 0.6 is 23.2 Å². The van der Waals surface area contributed by atoms with Crippen LogP contribution in [0, 0.1) is 5.92 Å². The molecule has 0 unspecified atom stereocenters. The molecule has 0 aliphatic carbocycles. The summed E-state index contributed by atoms with van der Waals surface area (Å²) in [7, 11) is 0.